The number of unbranched alkanes of at least 4 members (excludes halogenated alkanes) is 1. The lowest BCUT2D eigenvalue weighted by Crippen LogP contribution is -2.27. The van der Waals surface area contributed by atoms with Crippen molar-refractivity contribution in [2.75, 3.05) is 68.6 Å². The Morgan fingerprint density at radius 3 is 2.08 bits per heavy atom. The van der Waals surface area contributed by atoms with Crippen molar-refractivity contribution >= 4 is 23.8 Å². The van der Waals surface area contributed by atoms with Crippen LogP contribution in [0.2, 0.25) is 0 Å². The Morgan fingerprint density at radius 2 is 1.40 bits per heavy atom. The fourth-order valence-corrected chi connectivity index (χ4v) is 3.65. The molecule has 11 nitrogen and oxygen atoms in total. The topological polar surface area (TPSA) is 148 Å². The molecule has 0 radical (unpaired) electrons. The molecule has 3 aromatic rings. The van der Waals surface area contributed by atoms with Crippen molar-refractivity contribution in [2.24, 2.45) is 5.73 Å². The quantitative estimate of drug-likeness (QED) is 0.133. The first-order valence-corrected chi connectivity index (χ1v) is 13.9. The molecule has 1 aromatic heterocycles. The summed E-state index contributed by atoms with van der Waals surface area (Å²) >= 11 is 0. The fourth-order valence-electron chi connectivity index (χ4n) is 3.65. The number of benzene rings is 2. The predicted molar refractivity (Wildman–Crippen MR) is 159 cm³/mol. The Kier molecular flexibility index (Phi) is 14.2. The van der Waals surface area contributed by atoms with Gasteiger partial charge in [0.05, 0.1) is 26.4 Å². The summed E-state index contributed by atoms with van der Waals surface area (Å²) in [7, 11) is 0. The second-order valence-corrected chi connectivity index (χ2v) is 9.07. The van der Waals surface area contributed by atoms with Crippen molar-refractivity contribution in [1.82, 2.24) is 20.3 Å². The van der Waals surface area contributed by atoms with Crippen LogP contribution in [-0.4, -0.2) is 73.5 Å². The summed E-state index contributed by atoms with van der Waals surface area (Å²) in [5, 5.41) is 12.7. The van der Waals surface area contributed by atoms with E-state index in [0.717, 1.165) is 31.4 Å². The van der Waals surface area contributed by atoms with Crippen LogP contribution in [-0.2, 0) is 22.4 Å². The average Bonchev–Trinajstić information content (AvgIpc) is 2.98. The zero-order chi connectivity index (χ0) is 28.3. The number of rotatable bonds is 20. The lowest BCUT2D eigenvalue weighted by molar-refractivity contribution is 0.0511. The minimum absolute atomic E-state index is 0.144. The van der Waals surface area contributed by atoms with Gasteiger partial charge in [-0.3, -0.25) is 4.79 Å². The highest BCUT2D eigenvalue weighted by Gasteiger charge is 2.08. The van der Waals surface area contributed by atoms with E-state index in [1.165, 1.54) is 5.56 Å². The zero-order valence-corrected chi connectivity index (χ0v) is 23.3. The zero-order valence-electron chi connectivity index (χ0n) is 23.3. The van der Waals surface area contributed by atoms with Crippen LogP contribution in [0.5, 0.6) is 0 Å². The molecule has 2 aromatic carbocycles. The summed E-state index contributed by atoms with van der Waals surface area (Å²) in [5.74, 6) is 1.39. The Balaban J connectivity index is 1.47. The van der Waals surface area contributed by atoms with E-state index in [4.69, 9.17) is 15.2 Å². The largest absolute Gasteiger partial charge is 0.378 e. The van der Waals surface area contributed by atoms with E-state index in [0.29, 0.717) is 76.0 Å². The molecule has 0 bridgehead atoms. The molecular formula is C29H42N8O3. The molecule has 0 aliphatic carbocycles. The van der Waals surface area contributed by atoms with Crippen molar-refractivity contribution in [1.29, 1.82) is 0 Å². The van der Waals surface area contributed by atoms with Gasteiger partial charge in [0.15, 0.2) is 0 Å². The number of hydrogen-bond acceptors (Lipinski definition) is 10. The van der Waals surface area contributed by atoms with E-state index in [1.54, 1.807) is 12.1 Å². The molecule has 0 atom stereocenters. The van der Waals surface area contributed by atoms with Gasteiger partial charge in [-0.1, -0.05) is 55.8 Å². The van der Waals surface area contributed by atoms with E-state index in [-0.39, 0.29) is 5.91 Å². The molecule has 3 rings (SSSR count). The molecule has 0 spiro atoms. The highest BCUT2D eigenvalue weighted by molar-refractivity contribution is 5.94. The first-order chi connectivity index (χ1) is 19.7. The van der Waals surface area contributed by atoms with E-state index < -0.39 is 0 Å². The highest BCUT2D eigenvalue weighted by Crippen LogP contribution is 2.12. The van der Waals surface area contributed by atoms with Gasteiger partial charge in [0.25, 0.3) is 5.91 Å². The van der Waals surface area contributed by atoms with Gasteiger partial charge < -0.3 is 36.5 Å². The molecule has 0 fully saturated rings. The Bertz CT molecular complexity index is 1120. The van der Waals surface area contributed by atoms with Crippen LogP contribution in [0.15, 0.2) is 54.6 Å². The number of nitrogens with two attached hydrogens (primary N) is 1. The summed E-state index contributed by atoms with van der Waals surface area (Å²) in [6, 6.07) is 17.7. The van der Waals surface area contributed by atoms with E-state index >= 15 is 0 Å². The SMILES string of the molecule is CCCCNc1nc(NCCc2ccccc2)nc(NCc2ccc(C(=O)NCCOCCOCCN)cc2)n1. The summed E-state index contributed by atoms with van der Waals surface area (Å²) in [5.41, 5.74) is 8.19. The maximum atomic E-state index is 12.4. The first kappa shape index (κ1) is 30.7. The molecule has 0 saturated heterocycles. The molecule has 1 amide bonds. The lowest BCUT2D eigenvalue weighted by Gasteiger charge is -2.12. The van der Waals surface area contributed by atoms with E-state index in [9.17, 15) is 4.79 Å². The molecule has 0 unspecified atom stereocenters. The number of anilines is 3. The molecule has 40 heavy (non-hydrogen) atoms. The average molecular weight is 551 g/mol. The van der Waals surface area contributed by atoms with Gasteiger partial charge in [0.1, 0.15) is 0 Å². The van der Waals surface area contributed by atoms with E-state index in [1.807, 2.05) is 30.3 Å². The molecule has 0 saturated carbocycles. The third kappa shape index (κ3) is 11.9. The fraction of sp³-hybridized carbons (Fsp3) is 0.448. The van der Waals surface area contributed by atoms with Crippen LogP contribution in [0.3, 0.4) is 0 Å². The first-order valence-electron chi connectivity index (χ1n) is 13.9. The van der Waals surface area contributed by atoms with Crippen LogP contribution in [0, 0.1) is 0 Å². The highest BCUT2D eigenvalue weighted by atomic mass is 16.5. The van der Waals surface area contributed by atoms with Crippen molar-refractivity contribution in [3.8, 4) is 0 Å². The third-order valence-electron chi connectivity index (χ3n) is 5.82. The standard InChI is InChI=1S/C29H42N8O3/c1-2-3-15-32-27-35-28(33-16-13-23-7-5-4-6-8-23)37-29(36-27)34-22-24-9-11-25(12-10-24)26(38)31-17-19-40-21-20-39-18-14-30/h4-12H,2-3,13-22,30H2,1H3,(H,31,38)(H3,32,33,34,35,36,37). The number of carbonyl (C=O) groups is 1. The summed E-state index contributed by atoms with van der Waals surface area (Å²) in [4.78, 5) is 26.0. The Hall–Kier alpha value is -3.80. The Labute approximate surface area is 236 Å². The number of amides is 1. The smallest absolute Gasteiger partial charge is 0.251 e. The number of ether oxygens (including phenoxy) is 2. The third-order valence-corrected chi connectivity index (χ3v) is 5.82. The number of hydrogen-bond donors (Lipinski definition) is 5. The molecular weight excluding hydrogens is 508 g/mol. The number of carbonyl (C=O) groups excluding carboxylic acids is 1. The summed E-state index contributed by atoms with van der Waals surface area (Å²) < 4.78 is 10.7. The molecule has 1 heterocycles. The molecule has 216 valence electrons. The van der Waals surface area contributed by atoms with Gasteiger partial charge in [-0.2, -0.15) is 15.0 Å². The minimum atomic E-state index is -0.144. The lowest BCUT2D eigenvalue weighted by atomic mass is 10.1. The summed E-state index contributed by atoms with van der Waals surface area (Å²) in [6.07, 6.45) is 2.98. The van der Waals surface area contributed by atoms with Gasteiger partial charge in [-0.15, -0.1) is 0 Å². The second-order valence-electron chi connectivity index (χ2n) is 9.07. The van der Waals surface area contributed by atoms with Crippen LogP contribution in [0.4, 0.5) is 17.8 Å². The monoisotopic (exact) mass is 550 g/mol. The second kappa shape index (κ2) is 18.5. The van der Waals surface area contributed by atoms with Gasteiger partial charge >= 0.3 is 0 Å². The van der Waals surface area contributed by atoms with Crippen LogP contribution < -0.4 is 27.0 Å². The van der Waals surface area contributed by atoms with Gasteiger partial charge in [-0.25, -0.2) is 0 Å². The van der Waals surface area contributed by atoms with Crippen LogP contribution in [0.25, 0.3) is 0 Å². The number of aromatic nitrogens is 3. The van der Waals surface area contributed by atoms with Gasteiger partial charge in [0.2, 0.25) is 17.8 Å². The van der Waals surface area contributed by atoms with Crippen molar-refractivity contribution in [3.63, 3.8) is 0 Å². The molecule has 0 aliphatic heterocycles. The van der Waals surface area contributed by atoms with Crippen molar-refractivity contribution in [2.45, 2.75) is 32.7 Å². The van der Waals surface area contributed by atoms with E-state index in [2.05, 4.69) is 55.3 Å². The molecule has 6 N–H and O–H groups in total. The maximum Gasteiger partial charge on any atom is 0.251 e. The Morgan fingerprint density at radius 1 is 0.750 bits per heavy atom. The van der Waals surface area contributed by atoms with Crippen LogP contribution in [0.1, 0.15) is 41.3 Å². The van der Waals surface area contributed by atoms with Crippen molar-refractivity contribution in [3.05, 3.63) is 71.3 Å². The minimum Gasteiger partial charge on any atom is -0.378 e. The molecule has 11 heteroatoms. The molecule has 0 aliphatic rings. The number of nitrogens with one attached hydrogen (secondary N) is 4. The number of nitrogens with zero attached hydrogens (tertiary/aromatic N) is 3. The van der Waals surface area contributed by atoms with Crippen molar-refractivity contribution < 1.29 is 14.3 Å². The normalized spacial score (nSPS) is 10.8. The van der Waals surface area contributed by atoms with Crippen LogP contribution >= 0.6 is 0 Å². The predicted octanol–water partition coefficient (Wildman–Crippen LogP) is 3.07. The summed E-state index contributed by atoms with van der Waals surface area (Å²) in [6.45, 7) is 6.98. The maximum absolute atomic E-state index is 12.4. The van der Waals surface area contributed by atoms with Gasteiger partial charge in [-0.05, 0) is 36.1 Å². The van der Waals surface area contributed by atoms with Gasteiger partial charge in [0, 0.05) is 38.3 Å².